The highest BCUT2D eigenvalue weighted by Gasteiger charge is 2.25. The Kier molecular flexibility index (Phi) is 6.86. The molecule has 2 aromatic heterocycles. The van der Waals surface area contributed by atoms with E-state index in [9.17, 15) is 4.79 Å². The van der Waals surface area contributed by atoms with Crippen molar-refractivity contribution in [3.8, 4) is 33.9 Å². The summed E-state index contributed by atoms with van der Waals surface area (Å²) in [7, 11) is 0. The van der Waals surface area contributed by atoms with Crippen LogP contribution in [0.1, 0.15) is 42.5 Å². The van der Waals surface area contributed by atoms with Crippen molar-refractivity contribution in [3.05, 3.63) is 112 Å². The molecule has 206 valence electrons. The van der Waals surface area contributed by atoms with Gasteiger partial charge in [0.2, 0.25) is 0 Å². The Morgan fingerprint density at radius 2 is 1.61 bits per heavy atom. The highest BCUT2D eigenvalue weighted by molar-refractivity contribution is 5.88. The zero-order chi connectivity index (χ0) is 27.6. The topological polar surface area (TPSA) is 77.8 Å². The van der Waals surface area contributed by atoms with Gasteiger partial charge in [-0.05, 0) is 54.5 Å². The normalized spacial score (nSPS) is 14.7. The summed E-state index contributed by atoms with van der Waals surface area (Å²) in [4.78, 5) is 18.0. The fourth-order valence-electron chi connectivity index (χ4n) is 5.74. The molecule has 1 aliphatic carbocycles. The number of aromatic amines is 1. The van der Waals surface area contributed by atoms with Crippen molar-refractivity contribution in [1.82, 2.24) is 14.6 Å². The second-order valence-electron chi connectivity index (χ2n) is 10.4. The third kappa shape index (κ3) is 4.93. The van der Waals surface area contributed by atoms with Crippen molar-refractivity contribution < 1.29 is 14.2 Å². The molecule has 0 saturated carbocycles. The maximum absolute atomic E-state index is 14.4. The predicted molar refractivity (Wildman–Crippen MR) is 159 cm³/mol. The zero-order valence-corrected chi connectivity index (χ0v) is 22.8. The number of nitrogens with zero attached hydrogens (tertiary/aromatic N) is 2. The van der Waals surface area contributed by atoms with Gasteiger partial charge < -0.3 is 19.2 Å². The molecule has 0 radical (unpaired) electrons. The molecule has 3 aromatic carbocycles. The van der Waals surface area contributed by atoms with Crippen LogP contribution in [0.5, 0.6) is 11.5 Å². The SMILES string of the molecule is O=c1c(-c2ccc3c(c2)OCCO3)c(COCc2ccccc2)[nH]c2c(C3=CCCCC3)c(-c3ccccc3)nn12. The zero-order valence-electron chi connectivity index (χ0n) is 22.8. The minimum absolute atomic E-state index is 0.200. The van der Waals surface area contributed by atoms with Crippen molar-refractivity contribution in [3.63, 3.8) is 0 Å². The largest absolute Gasteiger partial charge is 0.486 e. The lowest BCUT2D eigenvalue weighted by atomic mass is 9.92. The molecule has 2 aliphatic rings. The summed E-state index contributed by atoms with van der Waals surface area (Å²) in [6.07, 6.45) is 6.56. The van der Waals surface area contributed by atoms with Crippen molar-refractivity contribution in [2.24, 2.45) is 0 Å². The van der Waals surface area contributed by atoms with Gasteiger partial charge in [-0.3, -0.25) is 4.79 Å². The van der Waals surface area contributed by atoms with Crippen LogP contribution in [0.15, 0.2) is 89.7 Å². The van der Waals surface area contributed by atoms with Gasteiger partial charge in [0.25, 0.3) is 5.56 Å². The van der Waals surface area contributed by atoms with Gasteiger partial charge in [0.1, 0.15) is 24.6 Å². The maximum Gasteiger partial charge on any atom is 0.282 e. The van der Waals surface area contributed by atoms with E-state index >= 15 is 0 Å². The lowest BCUT2D eigenvalue weighted by Crippen LogP contribution is -2.21. The van der Waals surface area contributed by atoms with Crippen LogP contribution in [-0.2, 0) is 18.0 Å². The number of hydrogen-bond donors (Lipinski definition) is 1. The molecular formula is C34H31N3O4. The first-order valence-electron chi connectivity index (χ1n) is 14.2. The maximum atomic E-state index is 14.4. The number of ether oxygens (including phenoxy) is 3. The Morgan fingerprint density at radius 3 is 2.39 bits per heavy atom. The van der Waals surface area contributed by atoms with Gasteiger partial charge in [0.15, 0.2) is 11.5 Å². The highest BCUT2D eigenvalue weighted by Crippen LogP contribution is 2.38. The summed E-state index contributed by atoms with van der Waals surface area (Å²) in [5.74, 6) is 1.30. The second kappa shape index (κ2) is 11.1. The van der Waals surface area contributed by atoms with E-state index in [1.165, 1.54) is 16.5 Å². The van der Waals surface area contributed by atoms with Crippen molar-refractivity contribution in [2.75, 3.05) is 13.2 Å². The van der Waals surface area contributed by atoms with Gasteiger partial charge in [-0.15, -0.1) is 0 Å². The molecule has 0 amide bonds. The van der Waals surface area contributed by atoms with Crippen LogP contribution in [0.3, 0.4) is 0 Å². The van der Waals surface area contributed by atoms with Crippen LogP contribution in [0, 0.1) is 0 Å². The Hall–Kier alpha value is -4.62. The molecule has 0 spiro atoms. The van der Waals surface area contributed by atoms with E-state index in [2.05, 4.69) is 11.1 Å². The fourth-order valence-corrected chi connectivity index (χ4v) is 5.74. The van der Waals surface area contributed by atoms with Crippen LogP contribution in [0.4, 0.5) is 0 Å². The molecule has 7 rings (SSSR count). The molecule has 0 atom stereocenters. The van der Waals surface area contributed by atoms with Crippen LogP contribution in [0.25, 0.3) is 33.6 Å². The molecule has 0 unspecified atom stereocenters. The molecule has 7 heteroatoms. The number of benzene rings is 3. The van der Waals surface area contributed by atoms with Gasteiger partial charge in [-0.25, -0.2) is 0 Å². The molecule has 41 heavy (non-hydrogen) atoms. The molecular weight excluding hydrogens is 514 g/mol. The van der Waals surface area contributed by atoms with Gasteiger partial charge in [-0.2, -0.15) is 9.61 Å². The molecule has 1 aliphatic heterocycles. The Bertz CT molecular complexity index is 1790. The summed E-state index contributed by atoms with van der Waals surface area (Å²) in [5, 5.41) is 4.94. The molecule has 0 saturated heterocycles. The summed E-state index contributed by atoms with van der Waals surface area (Å²) in [6, 6.07) is 25.8. The fraction of sp³-hybridized carbons (Fsp3) is 0.235. The number of fused-ring (bicyclic) bond motifs is 2. The van der Waals surface area contributed by atoms with Crippen LogP contribution in [0.2, 0.25) is 0 Å². The standard InChI is InChI=1S/C34H31N3O4/c38-34-30(26-16-17-28-29(20-26)41-19-18-40-28)27(22-39-21-23-10-4-1-5-11-23)35-33-31(24-12-6-2-7-13-24)32(36-37(33)34)25-14-8-3-9-15-25/h1,3-5,8-12,14-17,20,35H,2,6-7,13,18-19,21-22H2. The van der Waals surface area contributed by atoms with Crippen molar-refractivity contribution in [2.45, 2.75) is 38.9 Å². The van der Waals surface area contributed by atoms with E-state index in [1.54, 1.807) is 0 Å². The quantitative estimate of drug-likeness (QED) is 0.243. The van der Waals surface area contributed by atoms with Crippen LogP contribution < -0.4 is 15.0 Å². The Morgan fingerprint density at radius 1 is 0.829 bits per heavy atom. The lowest BCUT2D eigenvalue weighted by Gasteiger charge is -2.19. The summed E-state index contributed by atoms with van der Waals surface area (Å²) >= 11 is 0. The monoisotopic (exact) mass is 545 g/mol. The van der Waals surface area contributed by atoms with Crippen molar-refractivity contribution >= 4 is 11.2 Å². The van der Waals surface area contributed by atoms with E-state index in [1.807, 2.05) is 78.9 Å². The first kappa shape index (κ1) is 25.4. The van der Waals surface area contributed by atoms with Gasteiger partial charge in [0, 0.05) is 11.1 Å². The van der Waals surface area contributed by atoms with Gasteiger partial charge >= 0.3 is 0 Å². The van der Waals surface area contributed by atoms with E-state index in [4.69, 9.17) is 19.3 Å². The van der Waals surface area contributed by atoms with Gasteiger partial charge in [0.05, 0.1) is 24.5 Å². The first-order valence-corrected chi connectivity index (χ1v) is 14.2. The van der Waals surface area contributed by atoms with E-state index in [0.717, 1.165) is 47.2 Å². The number of aromatic nitrogens is 3. The molecule has 1 N–H and O–H groups in total. The number of hydrogen-bond acceptors (Lipinski definition) is 5. The summed E-state index contributed by atoms with van der Waals surface area (Å²) in [5.41, 5.74) is 7.51. The minimum Gasteiger partial charge on any atom is -0.486 e. The minimum atomic E-state index is -0.200. The average Bonchev–Trinajstić information content (AvgIpc) is 3.42. The summed E-state index contributed by atoms with van der Waals surface area (Å²) < 4.78 is 19.3. The third-order valence-electron chi connectivity index (χ3n) is 7.71. The molecule has 7 nitrogen and oxygen atoms in total. The van der Waals surface area contributed by atoms with Crippen molar-refractivity contribution in [1.29, 1.82) is 0 Å². The van der Waals surface area contributed by atoms with E-state index < -0.39 is 0 Å². The van der Waals surface area contributed by atoms with Gasteiger partial charge in [-0.1, -0.05) is 72.8 Å². The number of rotatable bonds is 7. The van der Waals surface area contributed by atoms with E-state index in [0.29, 0.717) is 48.2 Å². The average molecular weight is 546 g/mol. The second-order valence-corrected chi connectivity index (χ2v) is 10.4. The van der Waals surface area contributed by atoms with E-state index in [-0.39, 0.29) is 12.2 Å². The first-order chi connectivity index (χ1) is 20.3. The predicted octanol–water partition coefficient (Wildman–Crippen LogP) is 6.80. The molecule has 0 bridgehead atoms. The smallest absolute Gasteiger partial charge is 0.282 e. The molecule has 0 fully saturated rings. The number of H-pyrrole nitrogens is 1. The Balaban J connectivity index is 1.42. The number of allylic oxidation sites excluding steroid dienone is 2. The molecule has 5 aromatic rings. The van der Waals surface area contributed by atoms with Crippen LogP contribution in [-0.4, -0.2) is 27.8 Å². The third-order valence-corrected chi connectivity index (χ3v) is 7.71. The Labute approximate surface area is 238 Å². The lowest BCUT2D eigenvalue weighted by molar-refractivity contribution is 0.105. The molecule has 3 heterocycles. The van der Waals surface area contributed by atoms with Crippen LogP contribution >= 0.6 is 0 Å². The number of nitrogens with one attached hydrogen (secondary N) is 1. The summed E-state index contributed by atoms with van der Waals surface area (Å²) in [6.45, 7) is 1.64. The highest BCUT2D eigenvalue weighted by atomic mass is 16.6.